The van der Waals surface area contributed by atoms with Gasteiger partial charge in [-0.25, -0.2) is 4.98 Å². The van der Waals surface area contributed by atoms with Gasteiger partial charge in [0.15, 0.2) is 5.75 Å². The lowest BCUT2D eigenvalue weighted by molar-refractivity contribution is 0.461. The van der Waals surface area contributed by atoms with Gasteiger partial charge in [-0.1, -0.05) is 19.9 Å². The third-order valence-corrected chi connectivity index (χ3v) is 2.33. The highest BCUT2D eigenvalue weighted by atomic mass is 16.5. The van der Waals surface area contributed by atoms with E-state index in [2.05, 4.69) is 23.9 Å². The molecule has 0 aliphatic rings. The fourth-order valence-corrected chi connectivity index (χ4v) is 1.37. The summed E-state index contributed by atoms with van der Waals surface area (Å²) < 4.78 is 7.23. The van der Waals surface area contributed by atoms with Crippen LogP contribution in [0.15, 0.2) is 30.7 Å². The summed E-state index contributed by atoms with van der Waals surface area (Å²) in [5, 5.41) is 4.02. The van der Waals surface area contributed by atoms with E-state index >= 15 is 0 Å². The van der Waals surface area contributed by atoms with Crippen LogP contribution in [0.5, 0.6) is 11.6 Å². The van der Waals surface area contributed by atoms with Crippen LogP contribution in [0, 0.1) is 0 Å². The van der Waals surface area contributed by atoms with E-state index in [0.717, 1.165) is 0 Å². The summed E-state index contributed by atoms with van der Waals surface area (Å²) in [6.45, 7) is 4.28. The molecule has 0 fully saturated rings. The lowest BCUT2D eigenvalue weighted by Gasteiger charge is -2.05. The fourth-order valence-electron chi connectivity index (χ4n) is 1.37. The van der Waals surface area contributed by atoms with Crippen LogP contribution < -0.4 is 4.74 Å². The lowest BCUT2D eigenvalue weighted by atomic mass is 10.1. The van der Waals surface area contributed by atoms with Gasteiger partial charge in [0.1, 0.15) is 0 Å². The van der Waals surface area contributed by atoms with Crippen LogP contribution in [0.4, 0.5) is 0 Å². The van der Waals surface area contributed by atoms with Gasteiger partial charge < -0.3 is 4.74 Å². The molecule has 0 spiro atoms. The van der Waals surface area contributed by atoms with E-state index in [4.69, 9.17) is 4.74 Å². The van der Waals surface area contributed by atoms with Crippen molar-refractivity contribution in [2.75, 3.05) is 0 Å². The quantitative estimate of drug-likeness (QED) is 0.793. The highest BCUT2D eigenvalue weighted by Gasteiger charge is 2.03. The number of pyridine rings is 1. The summed E-state index contributed by atoms with van der Waals surface area (Å²) in [5.74, 6) is 1.78. The molecule has 4 nitrogen and oxygen atoms in total. The Bertz CT molecular complexity index is 459. The van der Waals surface area contributed by atoms with Crippen LogP contribution in [-0.4, -0.2) is 14.8 Å². The third-order valence-electron chi connectivity index (χ3n) is 2.33. The molecule has 2 aromatic rings. The van der Waals surface area contributed by atoms with Gasteiger partial charge in [0.05, 0.1) is 12.4 Å². The lowest BCUT2D eigenvalue weighted by Crippen LogP contribution is -1.91. The maximum absolute atomic E-state index is 5.54. The standard InChI is InChI=1S/C12H15N3O/c1-9(2)10-4-5-12(13-6-10)16-11-7-14-15(3)8-11/h4-9H,1-3H3. The maximum atomic E-state index is 5.54. The average molecular weight is 217 g/mol. The molecule has 0 unspecified atom stereocenters. The van der Waals surface area contributed by atoms with Crippen LogP contribution in [0.25, 0.3) is 0 Å². The van der Waals surface area contributed by atoms with E-state index in [1.165, 1.54) is 5.56 Å². The van der Waals surface area contributed by atoms with E-state index in [9.17, 15) is 0 Å². The van der Waals surface area contributed by atoms with Crippen molar-refractivity contribution in [2.45, 2.75) is 19.8 Å². The van der Waals surface area contributed by atoms with Gasteiger partial charge in [-0.2, -0.15) is 5.10 Å². The van der Waals surface area contributed by atoms with Crippen LogP contribution in [0.1, 0.15) is 25.3 Å². The van der Waals surface area contributed by atoms with Crippen molar-refractivity contribution in [2.24, 2.45) is 7.05 Å². The Morgan fingerprint density at radius 2 is 2.06 bits per heavy atom. The Hall–Kier alpha value is -1.84. The van der Waals surface area contributed by atoms with Gasteiger partial charge >= 0.3 is 0 Å². The van der Waals surface area contributed by atoms with Crippen molar-refractivity contribution in [3.05, 3.63) is 36.3 Å². The Morgan fingerprint density at radius 3 is 2.56 bits per heavy atom. The monoisotopic (exact) mass is 217 g/mol. The first-order chi connectivity index (χ1) is 7.65. The van der Waals surface area contributed by atoms with Crippen LogP contribution >= 0.6 is 0 Å². The van der Waals surface area contributed by atoms with Gasteiger partial charge in [-0.05, 0) is 11.5 Å². The summed E-state index contributed by atoms with van der Waals surface area (Å²) >= 11 is 0. The number of ether oxygens (including phenoxy) is 1. The van der Waals surface area contributed by atoms with Crippen molar-refractivity contribution < 1.29 is 4.74 Å². The highest BCUT2D eigenvalue weighted by Crippen LogP contribution is 2.20. The zero-order valence-corrected chi connectivity index (χ0v) is 9.71. The summed E-state index contributed by atoms with van der Waals surface area (Å²) in [4.78, 5) is 4.25. The highest BCUT2D eigenvalue weighted by molar-refractivity contribution is 5.24. The first-order valence-electron chi connectivity index (χ1n) is 5.27. The number of hydrogen-bond donors (Lipinski definition) is 0. The molecule has 0 atom stereocenters. The number of hydrogen-bond acceptors (Lipinski definition) is 3. The van der Waals surface area contributed by atoms with Crippen LogP contribution in [-0.2, 0) is 7.05 Å². The molecular formula is C12H15N3O. The van der Waals surface area contributed by atoms with Crippen molar-refractivity contribution in [1.82, 2.24) is 14.8 Å². The molecule has 0 aliphatic heterocycles. The molecule has 4 heteroatoms. The molecule has 0 bridgehead atoms. The molecule has 0 aromatic carbocycles. The summed E-state index contributed by atoms with van der Waals surface area (Å²) in [6.07, 6.45) is 5.31. The maximum Gasteiger partial charge on any atom is 0.219 e. The molecule has 2 heterocycles. The third kappa shape index (κ3) is 2.39. The summed E-state index contributed by atoms with van der Waals surface area (Å²) in [5.41, 5.74) is 1.21. The first kappa shape index (κ1) is 10.7. The molecule has 16 heavy (non-hydrogen) atoms. The Labute approximate surface area is 94.9 Å². The number of aromatic nitrogens is 3. The first-order valence-corrected chi connectivity index (χ1v) is 5.27. The van der Waals surface area contributed by atoms with E-state index < -0.39 is 0 Å². The minimum Gasteiger partial charge on any atom is -0.436 e. The normalized spacial score (nSPS) is 10.8. The van der Waals surface area contributed by atoms with E-state index in [-0.39, 0.29) is 0 Å². The second-order valence-electron chi connectivity index (χ2n) is 4.04. The second-order valence-corrected chi connectivity index (χ2v) is 4.04. The molecule has 2 rings (SSSR count). The van der Waals surface area contributed by atoms with Gasteiger partial charge in [0.2, 0.25) is 5.88 Å². The van der Waals surface area contributed by atoms with Crippen molar-refractivity contribution in [1.29, 1.82) is 0 Å². The molecule has 84 valence electrons. The van der Waals surface area contributed by atoms with E-state index in [0.29, 0.717) is 17.5 Å². The number of aryl methyl sites for hydroxylation is 1. The minimum atomic E-state index is 0.486. The van der Waals surface area contributed by atoms with Gasteiger partial charge in [-0.15, -0.1) is 0 Å². The smallest absolute Gasteiger partial charge is 0.219 e. The number of rotatable bonds is 3. The van der Waals surface area contributed by atoms with Crippen molar-refractivity contribution in [3.8, 4) is 11.6 Å². The van der Waals surface area contributed by atoms with Crippen molar-refractivity contribution in [3.63, 3.8) is 0 Å². The summed E-state index contributed by atoms with van der Waals surface area (Å²) in [7, 11) is 1.85. The Morgan fingerprint density at radius 1 is 1.25 bits per heavy atom. The fraction of sp³-hybridized carbons (Fsp3) is 0.333. The van der Waals surface area contributed by atoms with Crippen LogP contribution in [0.3, 0.4) is 0 Å². The van der Waals surface area contributed by atoms with Gasteiger partial charge in [-0.3, -0.25) is 4.68 Å². The average Bonchev–Trinajstić information content (AvgIpc) is 2.65. The molecule has 0 aliphatic carbocycles. The largest absolute Gasteiger partial charge is 0.436 e. The van der Waals surface area contributed by atoms with Crippen LogP contribution in [0.2, 0.25) is 0 Å². The minimum absolute atomic E-state index is 0.486. The Kier molecular flexibility index (Phi) is 2.90. The predicted octanol–water partition coefficient (Wildman–Crippen LogP) is 2.73. The van der Waals surface area contributed by atoms with Crippen molar-refractivity contribution >= 4 is 0 Å². The summed E-state index contributed by atoms with van der Waals surface area (Å²) in [6, 6.07) is 3.91. The second kappa shape index (κ2) is 4.35. The van der Waals surface area contributed by atoms with Gasteiger partial charge in [0.25, 0.3) is 0 Å². The zero-order valence-electron chi connectivity index (χ0n) is 9.71. The SMILES string of the molecule is CC(C)c1ccc(Oc2cnn(C)c2)nc1. The molecule has 0 radical (unpaired) electrons. The van der Waals surface area contributed by atoms with Gasteiger partial charge in [0, 0.05) is 19.3 Å². The van der Waals surface area contributed by atoms with E-state index in [1.807, 2.05) is 25.4 Å². The molecule has 0 amide bonds. The topological polar surface area (TPSA) is 39.9 Å². The molecule has 2 aromatic heterocycles. The molecule has 0 saturated carbocycles. The Balaban J connectivity index is 2.11. The zero-order chi connectivity index (χ0) is 11.5. The molecule has 0 N–H and O–H groups in total. The number of nitrogens with zero attached hydrogens (tertiary/aromatic N) is 3. The van der Waals surface area contributed by atoms with E-state index in [1.54, 1.807) is 17.1 Å². The predicted molar refractivity (Wildman–Crippen MR) is 61.6 cm³/mol. The molecular weight excluding hydrogens is 202 g/mol. The molecule has 0 saturated heterocycles.